The fourth-order valence-corrected chi connectivity index (χ4v) is 4.41. The number of hydrogen-bond donors (Lipinski definition) is 1. The number of pyridine rings is 1. The number of aromatic nitrogens is 1. The summed E-state index contributed by atoms with van der Waals surface area (Å²) in [5.41, 5.74) is 7.87. The van der Waals surface area contributed by atoms with Gasteiger partial charge in [0.1, 0.15) is 11.2 Å². The van der Waals surface area contributed by atoms with E-state index in [4.69, 9.17) is 5.73 Å². The van der Waals surface area contributed by atoms with Gasteiger partial charge in [0.05, 0.1) is 4.90 Å². The third-order valence-corrected chi connectivity index (χ3v) is 6.60. The number of hydrogen-bond acceptors (Lipinski definition) is 6. The molecule has 0 amide bonds. The van der Waals surface area contributed by atoms with Crippen molar-refractivity contribution in [3.05, 3.63) is 65.6 Å². The molecule has 0 aliphatic carbocycles. The van der Waals surface area contributed by atoms with Crippen LogP contribution in [-0.2, 0) is 10.0 Å². The van der Waals surface area contributed by atoms with Gasteiger partial charge in [0.15, 0.2) is 0 Å². The Kier molecular flexibility index (Phi) is 4.53. The minimum absolute atomic E-state index is 0.0731. The number of nitrogens with zero attached hydrogens (tertiary/aromatic N) is 3. The van der Waals surface area contributed by atoms with E-state index < -0.39 is 10.0 Å². The summed E-state index contributed by atoms with van der Waals surface area (Å²) in [6, 6.07) is 10.7. The molecule has 24 heavy (non-hydrogen) atoms. The molecule has 1 aromatic carbocycles. The molecular weight excluding hydrogens is 344 g/mol. The first-order valence-corrected chi connectivity index (χ1v) is 9.62. The van der Waals surface area contributed by atoms with Gasteiger partial charge in [-0.15, -0.1) is 0 Å². The van der Waals surface area contributed by atoms with E-state index in [0.29, 0.717) is 5.82 Å². The Morgan fingerprint density at radius 2 is 2.04 bits per heavy atom. The maximum atomic E-state index is 12.4. The second kappa shape index (κ2) is 6.46. The van der Waals surface area contributed by atoms with E-state index in [1.807, 2.05) is 28.5 Å². The van der Waals surface area contributed by atoms with E-state index in [1.165, 1.54) is 18.4 Å². The van der Waals surface area contributed by atoms with Crippen molar-refractivity contribution in [2.75, 3.05) is 19.0 Å². The maximum Gasteiger partial charge on any atom is 0.242 e. The molecule has 1 unspecified atom stereocenters. The van der Waals surface area contributed by atoms with Crippen LogP contribution >= 0.6 is 11.8 Å². The molecule has 0 spiro atoms. The Balaban J connectivity index is 2.02. The van der Waals surface area contributed by atoms with E-state index in [-0.39, 0.29) is 10.3 Å². The van der Waals surface area contributed by atoms with E-state index in [0.717, 1.165) is 11.3 Å². The van der Waals surface area contributed by atoms with Crippen LogP contribution in [-0.4, -0.2) is 31.8 Å². The molecule has 6 nitrogen and oxygen atoms in total. The first-order valence-electron chi connectivity index (χ1n) is 7.24. The van der Waals surface area contributed by atoms with Crippen molar-refractivity contribution in [2.45, 2.75) is 10.3 Å². The predicted octanol–water partition coefficient (Wildman–Crippen LogP) is 2.34. The van der Waals surface area contributed by atoms with Crippen molar-refractivity contribution >= 4 is 27.5 Å². The highest BCUT2D eigenvalue weighted by molar-refractivity contribution is 8.02. The highest BCUT2D eigenvalue weighted by Crippen LogP contribution is 2.44. The molecule has 1 aromatic heterocycles. The fourth-order valence-electron chi connectivity index (χ4n) is 2.43. The molecular formula is C16H18N4O2S2. The topological polar surface area (TPSA) is 79.5 Å². The molecule has 0 bridgehead atoms. The zero-order chi connectivity index (χ0) is 17.3. The lowest BCUT2D eigenvalue weighted by Crippen LogP contribution is -2.27. The Morgan fingerprint density at radius 1 is 1.25 bits per heavy atom. The standard InChI is InChI=1S/C16H18N4O2S2/c1-19(2)24(21,22)14-7-3-6-13(9-14)20-15(17)11-23-16(20)12-5-4-8-18-10-12/h3-11,16H,17H2,1-2H3. The summed E-state index contributed by atoms with van der Waals surface area (Å²) in [5, 5.41) is 1.79. The van der Waals surface area contributed by atoms with Crippen molar-refractivity contribution in [3.63, 3.8) is 0 Å². The van der Waals surface area contributed by atoms with Gasteiger partial charge in [-0.25, -0.2) is 12.7 Å². The highest BCUT2D eigenvalue weighted by atomic mass is 32.2. The van der Waals surface area contributed by atoms with Gasteiger partial charge in [-0.1, -0.05) is 23.9 Å². The van der Waals surface area contributed by atoms with Crippen LogP contribution in [0.15, 0.2) is 64.9 Å². The molecule has 2 aromatic rings. The van der Waals surface area contributed by atoms with Gasteiger partial charge in [-0.2, -0.15) is 0 Å². The third kappa shape index (κ3) is 3.00. The van der Waals surface area contributed by atoms with Crippen molar-refractivity contribution in [1.29, 1.82) is 0 Å². The first kappa shape index (κ1) is 16.8. The van der Waals surface area contributed by atoms with Crippen molar-refractivity contribution in [2.24, 2.45) is 5.73 Å². The number of rotatable bonds is 4. The smallest absolute Gasteiger partial charge is 0.242 e. The Labute approximate surface area is 146 Å². The van der Waals surface area contributed by atoms with Crippen LogP contribution in [0.3, 0.4) is 0 Å². The largest absolute Gasteiger partial charge is 0.385 e. The molecule has 0 saturated heterocycles. The normalized spacial score (nSPS) is 18.0. The van der Waals surface area contributed by atoms with Gasteiger partial charge < -0.3 is 10.6 Å². The number of benzene rings is 1. The molecule has 126 valence electrons. The molecule has 8 heteroatoms. The zero-order valence-electron chi connectivity index (χ0n) is 13.3. The Morgan fingerprint density at radius 3 is 2.71 bits per heavy atom. The van der Waals surface area contributed by atoms with Crippen molar-refractivity contribution in [3.8, 4) is 0 Å². The predicted molar refractivity (Wildman–Crippen MR) is 96.6 cm³/mol. The van der Waals surface area contributed by atoms with Gasteiger partial charge >= 0.3 is 0 Å². The molecule has 0 fully saturated rings. The molecule has 2 N–H and O–H groups in total. The van der Waals surface area contributed by atoms with Gasteiger partial charge in [-0.05, 0) is 24.3 Å². The quantitative estimate of drug-likeness (QED) is 0.899. The summed E-state index contributed by atoms with van der Waals surface area (Å²) in [5.74, 6) is 0.577. The van der Waals surface area contributed by atoms with Crippen molar-refractivity contribution < 1.29 is 8.42 Å². The number of sulfonamides is 1. The minimum Gasteiger partial charge on any atom is -0.385 e. The monoisotopic (exact) mass is 362 g/mol. The van der Waals surface area contributed by atoms with Gasteiger partial charge in [0.25, 0.3) is 0 Å². The third-order valence-electron chi connectivity index (χ3n) is 3.67. The summed E-state index contributed by atoms with van der Waals surface area (Å²) in [6.07, 6.45) is 3.51. The second-order valence-corrected chi connectivity index (χ2v) is 8.58. The lowest BCUT2D eigenvalue weighted by atomic mass is 10.2. The number of anilines is 1. The lowest BCUT2D eigenvalue weighted by Gasteiger charge is -2.28. The van der Waals surface area contributed by atoms with Crippen LogP contribution in [0.2, 0.25) is 0 Å². The molecule has 0 radical (unpaired) electrons. The average molecular weight is 362 g/mol. The second-order valence-electron chi connectivity index (χ2n) is 5.47. The summed E-state index contributed by atoms with van der Waals surface area (Å²) in [7, 11) is -0.473. The summed E-state index contributed by atoms with van der Waals surface area (Å²) < 4.78 is 26.0. The van der Waals surface area contributed by atoms with E-state index >= 15 is 0 Å². The van der Waals surface area contributed by atoms with E-state index in [1.54, 1.807) is 42.4 Å². The van der Waals surface area contributed by atoms with Gasteiger partial charge in [-0.3, -0.25) is 4.98 Å². The molecule has 3 rings (SSSR count). The minimum atomic E-state index is -3.50. The number of nitrogens with two attached hydrogens (primary N) is 1. The molecule has 2 heterocycles. The maximum absolute atomic E-state index is 12.4. The van der Waals surface area contributed by atoms with Gasteiger partial charge in [0.2, 0.25) is 10.0 Å². The zero-order valence-corrected chi connectivity index (χ0v) is 15.0. The molecule has 0 saturated carbocycles. The molecule has 1 aliphatic heterocycles. The SMILES string of the molecule is CN(C)S(=O)(=O)c1cccc(N2C(N)=CSC2c2cccnc2)c1. The van der Waals surface area contributed by atoms with Crippen LogP contribution in [0.4, 0.5) is 5.69 Å². The van der Waals surface area contributed by atoms with Crippen LogP contribution in [0.1, 0.15) is 10.9 Å². The Bertz CT molecular complexity index is 867. The summed E-state index contributed by atoms with van der Waals surface area (Å²) in [4.78, 5) is 6.30. The molecule has 1 atom stereocenters. The average Bonchev–Trinajstić information content (AvgIpc) is 2.97. The lowest BCUT2D eigenvalue weighted by molar-refractivity contribution is 0.520. The van der Waals surface area contributed by atoms with Gasteiger partial charge in [0, 0.05) is 43.1 Å². The van der Waals surface area contributed by atoms with Crippen LogP contribution in [0, 0.1) is 0 Å². The summed E-state index contributed by atoms with van der Waals surface area (Å²) >= 11 is 1.57. The number of thioether (sulfide) groups is 1. The molecule has 1 aliphatic rings. The summed E-state index contributed by atoms with van der Waals surface area (Å²) in [6.45, 7) is 0. The van der Waals surface area contributed by atoms with Crippen LogP contribution in [0.5, 0.6) is 0 Å². The Hall–Kier alpha value is -2.03. The van der Waals surface area contributed by atoms with Crippen LogP contribution in [0.25, 0.3) is 0 Å². The van der Waals surface area contributed by atoms with Crippen LogP contribution < -0.4 is 10.6 Å². The first-order chi connectivity index (χ1) is 11.4. The highest BCUT2D eigenvalue weighted by Gasteiger charge is 2.29. The van der Waals surface area contributed by atoms with E-state index in [2.05, 4.69) is 4.98 Å². The fraction of sp³-hybridized carbons (Fsp3) is 0.188. The van der Waals surface area contributed by atoms with E-state index in [9.17, 15) is 8.42 Å². The van der Waals surface area contributed by atoms with Crippen molar-refractivity contribution in [1.82, 2.24) is 9.29 Å².